The maximum absolute atomic E-state index is 12.9. The average Bonchev–Trinajstić information content (AvgIpc) is 2.75. The molecular weight excluding hydrogens is 252 g/mol. The molecule has 1 saturated carbocycles. The number of hydrogen-bond acceptors (Lipinski definition) is 3. The van der Waals surface area contributed by atoms with Crippen LogP contribution in [0.15, 0.2) is 11.3 Å². The van der Waals surface area contributed by atoms with Crippen molar-refractivity contribution in [2.75, 3.05) is 6.54 Å². The summed E-state index contributed by atoms with van der Waals surface area (Å²) in [4.78, 5) is 26.7. The molecule has 0 aromatic carbocycles. The van der Waals surface area contributed by atoms with E-state index in [-0.39, 0.29) is 23.1 Å². The summed E-state index contributed by atoms with van der Waals surface area (Å²) < 4.78 is 0. The summed E-state index contributed by atoms with van der Waals surface area (Å²) in [6.07, 6.45) is 7.08. The zero-order valence-electron chi connectivity index (χ0n) is 12.3. The number of nitrogens with zero attached hydrogens (tertiary/aromatic N) is 1. The van der Waals surface area contributed by atoms with Crippen molar-refractivity contribution in [3.8, 4) is 0 Å². The number of carbonyl (C=O) groups excluding carboxylic acids is 2. The molecule has 1 saturated heterocycles. The lowest BCUT2D eigenvalue weighted by atomic mass is 9.71. The van der Waals surface area contributed by atoms with Crippen molar-refractivity contribution in [1.29, 1.82) is 0 Å². The molecule has 2 aliphatic carbocycles. The van der Waals surface area contributed by atoms with Crippen molar-refractivity contribution < 1.29 is 9.59 Å². The van der Waals surface area contributed by atoms with Crippen LogP contribution in [0.25, 0.3) is 0 Å². The van der Waals surface area contributed by atoms with Gasteiger partial charge in [0.25, 0.3) is 0 Å². The van der Waals surface area contributed by atoms with Crippen LogP contribution < -0.4 is 5.73 Å². The van der Waals surface area contributed by atoms with E-state index >= 15 is 0 Å². The normalized spacial score (nSPS) is 35.3. The Labute approximate surface area is 120 Å². The van der Waals surface area contributed by atoms with Gasteiger partial charge in [0.15, 0.2) is 5.78 Å². The number of carbonyl (C=O) groups is 2. The summed E-state index contributed by atoms with van der Waals surface area (Å²) in [5, 5.41) is 0. The van der Waals surface area contributed by atoms with E-state index in [4.69, 9.17) is 5.73 Å². The van der Waals surface area contributed by atoms with Crippen molar-refractivity contribution in [2.45, 2.75) is 64.3 Å². The predicted octanol–water partition coefficient (Wildman–Crippen LogP) is 2.13. The average molecular weight is 276 g/mol. The largest absolute Gasteiger partial charge is 0.328 e. The van der Waals surface area contributed by atoms with Crippen LogP contribution in [-0.4, -0.2) is 29.2 Å². The Morgan fingerprint density at radius 3 is 2.55 bits per heavy atom. The third-order valence-electron chi connectivity index (χ3n) is 5.49. The first-order valence-electron chi connectivity index (χ1n) is 7.84. The molecule has 110 valence electrons. The maximum Gasteiger partial charge on any atom is 0.233 e. The van der Waals surface area contributed by atoms with Gasteiger partial charge in [-0.2, -0.15) is 0 Å². The van der Waals surface area contributed by atoms with E-state index in [0.717, 1.165) is 62.8 Å². The molecule has 20 heavy (non-hydrogen) atoms. The second-order valence-electron chi connectivity index (χ2n) is 6.67. The Morgan fingerprint density at radius 2 is 1.85 bits per heavy atom. The predicted molar refractivity (Wildman–Crippen MR) is 76.8 cm³/mol. The third-order valence-corrected chi connectivity index (χ3v) is 5.49. The Bertz CT molecular complexity index is 473. The number of rotatable bonds is 1. The molecule has 0 unspecified atom stereocenters. The summed E-state index contributed by atoms with van der Waals surface area (Å²) in [6, 6.07) is 0.264. The van der Waals surface area contributed by atoms with Gasteiger partial charge in [-0.15, -0.1) is 0 Å². The summed E-state index contributed by atoms with van der Waals surface area (Å²) in [6.45, 7) is 2.67. The highest BCUT2D eigenvalue weighted by molar-refractivity contribution is 5.97. The van der Waals surface area contributed by atoms with Crippen LogP contribution in [0.4, 0.5) is 0 Å². The fraction of sp³-hybridized carbons (Fsp3) is 0.750. The molecule has 1 heterocycles. The van der Waals surface area contributed by atoms with Crippen LogP contribution in [0.5, 0.6) is 0 Å². The minimum atomic E-state index is -0.177. The molecular formula is C16H24N2O2. The van der Waals surface area contributed by atoms with Crippen molar-refractivity contribution >= 4 is 11.7 Å². The van der Waals surface area contributed by atoms with Crippen LogP contribution >= 0.6 is 0 Å². The van der Waals surface area contributed by atoms with E-state index in [2.05, 4.69) is 0 Å². The van der Waals surface area contributed by atoms with E-state index in [9.17, 15) is 9.59 Å². The number of hydrogen-bond donors (Lipinski definition) is 1. The van der Waals surface area contributed by atoms with Gasteiger partial charge in [0.1, 0.15) is 0 Å². The minimum absolute atomic E-state index is 0.177. The second kappa shape index (κ2) is 4.99. The Kier molecular flexibility index (Phi) is 3.44. The zero-order valence-corrected chi connectivity index (χ0v) is 12.3. The number of ketones is 1. The molecule has 3 aliphatic rings. The minimum Gasteiger partial charge on any atom is -0.328 e. The first kappa shape index (κ1) is 13.8. The van der Waals surface area contributed by atoms with E-state index in [1.165, 1.54) is 0 Å². The lowest BCUT2D eigenvalue weighted by molar-refractivity contribution is -0.136. The standard InChI is InChI=1S/C16H24N2O2/c1-11-13(3-2-4-14(11)19)18-10-9-16(15(18)20)7-5-12(17)6-8-16/h12H,2-10,17H2,1H3/t12-,16-. The van der Waals surface area contributed by atoms with Gasteiger partial charge in [-0.1, -0.05) is 0 Å². The van der Waals surface area contributed by atoms with Crippen LogP contribution in [-0.2, 0) is 9.59 Å². The number of Topliss-reactive ketones (excluding diaryl/α,β-unsaturated/α-hetero) is 1. The van der Waals surface area contributed by atoms with Crippen molar-refractivity contribution in [3.63, 3.8) is 0 Å². The lowest BCUT2D eigenvalue weighted by Gasteiger charge is -2.35. The summed E-state index contributed by atoms with van der Waals surface area (Å²) >= 11 is 0. The third kappa shape index (κ3) is 2.10. The fourth-order valence-corrected chi connectivity index (χ4v) is 4.02. The molecule has 0 aromatic rings. The molecule has 4 nitrogen and oxygen atoms in total. The highest BCUT2D eigenvalue weighted by atomic mass is 16.2. The molecule has 3 rings (SSSR count). The molecule has 0 aromatic heterocycles. The Morgan fingerprint density at radius 1 is 1.15 bits per heavy atom. The summed E-state index contributed by atoms with van der Waals surface area (Å²) in [5.74, 6) is 0.471. The van der Waals surface area contributed by atoms with Gasteiger partial charge < -0.3 is 10.6 Å². The second-order valence-corrected chi connectivity index (χ2v) is 6.67. The summed E-state index contributed by atoms with van der Waals surface area (Å²) in [7, 11) is 0. The van der Waals surface area contributed by atoms with Gasteiger partial charge in [0.2, 0.25) is 5.91 Å². The van der Waals surface area contributed by atoms with E-state index < -0.39 is 0 Å². The van der Waals surface area contributed by atoms with Gasteiger partial charge in [0, 0.05) is 30.3 Å². The topological polar surface area (TPSA) is 63.4 Å². The monoisotopic (exact) mass is 276 g/mol. The highest BCUT2D eigenvalue weighted by Crippen LogP contribution is 2.46. The van der Waals surface area contributed by atoms with Crippen LogP contribution in [0, 0.1) is 5.41 Å². The maximum atomic E-state index is 12.9. The van der Waals surface area contributed by atoms with Crippen LogP contribution in [0.2, 0.25) is 0 Å². The van der Waals surface area contributed by atoms with Gasteiger partial charge in [-0.25, -0.2) is 0 Å². The molecule has 4 heteroatoms. The summed E-state index contributed by atoms with van der Waals surface area (Å²) in [5.41, 5.74) is 7.61. The van der Waals surface area contributed by atoms with Crippen LogP contribution in [0.3, 0.4) is 0 Å². The van der Waals surface area contributed by atoms with Gasteiger partial charge >= 0.3 is 0 Å². The Hall–Kier alpha value is -1.16. The first-order valence-corrected chi connectivity index (χ1v) is 7.84. The van der Waals surface area contributed by atoms with Crippen molar-refractivity contribution in [1.82, 2.24) is 4.90 Å². The van der Waals surface area contributed by atoms with Gasteiger partial charge in [-0.3, -0.25) is 9.59 Å². The quantitative estimate of drug-likeness (QED) is 0.798. The molecule has 2 fully saturated rings. The molecule has 1 spiro atoms. The lowest BCUT2D eigenvalue weighted by Crippen LogP contribution is -2.40. The molecule has 1 amide bonds. The molecule has 0 radical (unpaired) electrons. The smallest absolute Gasteiger partial charge is 0.233 e. The highest BCUT2D eigenvalue weighted by Gasteiger charge is 2.49. The van der Waals surface area contributed by atoms with E-state index in [0.29, 0.717) is 6.42 Å². The number of likely N-dealkylation sites (tertiary alicyclic amines) is 1. The molecule has 2 N–H and O–H groups in total. The van der Waals surface area contributed by atoms with Crippen molar-refractivity contribution in [2.24, 2.45) is 11.1 Å². The van der Waals surface area contributed by atoms with E-state index in [1.54, 1.807) is 0 Å². The number of nitrogens with two attached hydrogens (primary N) is 1. The van der Waals surface area contributed by atoms with Crippen LogP contribution in [0.1, 0.15) is 58.3 Å². The molecule has 1 aliphatic heterocycles. The van der Waals surface area contributed by atoms with E-state index in [1.807, 2.05) is 11.8 Å². The molecule has 0 atom stereocenters. The SMILES string of the molecule is CC1=C(N2CC[C@]3(CC[C@@H](N)CC3)C2=O)CCCC1=O. The molecule has 0 bridgehead atoms. The van der Waals surface area contributed by atoms with Crippen molar-refractivity contribution in [3.05, 3.63) is 11.3 Å². The van der Waals surface area contributed by atoms with Gasteiger partial charge in [-0.05, 0) is 51.9 Å². The number of amides is 1. The zero-order chi connectivity index (χ0) is 14.3. The number of allylic oxidation sites excluding steroid dienone is 2. The van der Waals surface area contributed by atoms with Gasteiger partial charge in [0.05, 0.1) is 5.41 Å². The fourth-order valence-electron chi connectivity index (χ4n) is 4.02. The Balaban J connectivity index is 1.82. The first-order chi connectivity index (χ1) is 9.53.